The molecule has 2 N–H and O–H groups in total. The SMILES string of the molecule is O=C(NCCC1=CCCCC1)Nc1ccc2sc3nc4ccccc4nc3c2c1. The van der Waals surface area contributed by atoms with Crippen molar-refractivity contribution in [3.05, 3.63) is 54.1 Å². The van der Waals surface area contributed by atoms with Crippen LogP contribution in [0.1, 0.15) is 32.1 Å². The van der Waals surface area contributed by atoms with Crippen molar-refractivity contribution in [3.8, 4) is 0 Å². The van der Waals surface area contributed by atoms with Gasteiger partial charge in [0.15, 0.2) is 0 Å². The molecular formula is C23H22N4OS. The average Bonchev–Trinajstić information content (AvgIpc) is 3.09. The molecule has 29 heavy (non-hydrogen) atoms. The van der Waals surface area contributed by atoms with Crippen molar-refractivity contribution in [2.24, 2.45) is 0 Å². The van der Waals surface area contributed by atoms with E-state index in [1.54, 1.807) is 11.3 Å². The standard InChI is InChI=1S/C23H22N4OS/c28-23(24-13-12-15-6-2-1-3-7-15)25-16-10-11-20-17(14-16)21-22(29-20)27-19-9-5-4-8-18(19)26-21/h4-6,8-11,14H,1-3,7,12-13H2,(H2,24,25,28). The summed E-state index contributed by atoms with van der Waals surface area (Å²) in [6, 6.07) is 13.7. The summed E-state index contributed by atoms with van der Waals surface area (Å²) in [6.45, 7) is 0.665. The Balaban J connectivity index is 1.33. The maximum atomic E-state index is 12.3. The van der Waals surface area contributed by atoms with Gasteiger partial charge in [-0.25, -0.2) is 14.8 Å². The van der Waals surface area contributed by atoms with Crippen LogP contribution in [0.3, 0.4) is 0 Å². The Bertz CT molecular complexity index is 1240. The van der Waals surface area contributed by atoms with Crippen LogP contribution >= 0.6 is 11.3 Å². The second-order valence-electron chi connectivity index (χ2n) is 7.42. The number of benzene rings is 2. The van der Waals surface area contributed by atoms with E-state index in [0.717, 1.165) is 43.6 Å². The summed E-state index contributed by atoms with van der Waals surface area (Å²) < 4.78 is 1.12. The van der Waals surface area contributed by atoms with Crippen molar-refractivity contribution >= 4 is 54.5 Å². The zero-order valence-corrected chi connectivity index (χ0v) is 16.9. The van der Waals surface area contributed by atoms with Crippen LogP contribution in [0, 0.1) is 0 Å². The second kappa shape index (κ2) is 7.79. The number of hydrogen-bond acceptors (Lipinski definition) is 4. The molecule has 1 aliphatic carbocycles. The molecule has 0 atom stereocenters. The Hall–Kier alpha value is -2.99. The Morgan fingerprint density at radius 3 is 2.76 bits per heavy atom. The summed E-state index contributed by atoms with van der Waals surface area (Å²) in [5.74, 6) is 0. The average molecular weight is 403 g/mol. The highest BCUT2D eigenvalue weighted by molar-refractivity contribution is 7.25. The number of para-hydroxylation sites is 2. The van der Waals surface area contributed by atoms with Crippen LogP contribution in [0.4, 0.5) is 10.5 Å². The molecule has 6 heteroatoms. The maximum absolute atomic E-state index is 12.3. The molecule has 5 nitrogen and oxygen atoms in total. The second-order valence-corrected chi connectivity index (χ2v) is 8.45. The number of nitrogens with one attached hydrogen (secondary N) is 2. The monoisotopic (exact) mass is 402 g/mol. The minimum atomic E-state index is -0.170. The van der Waals surface area contributed by atoms with Crippen LogP contribution in [0.2, 0.25) is 0 Å². The number of carbonyl (C=O) groups excluding carboxylic acids is 1. The Kier molecular flexibility index (Phi) is 4.86. The molecule has 4 aromatic rings. The fourth-order valence-corrected chi connectivity index (χ4v) is 4.87. The van der Waals surface area contributed by atoms with Gasteiger partial charge in [-0.3, -0.25) is 0 Å². The van der Waals surface area contributed by atoms with Crippen molar-refractivity contribution in [2.75, 3.05) is 11.9 Å². The highest BCUT2D eigenvalue weighted by Gasteiger charge is 2.11. The van der Waals surface area contributed by atoms with Crippen molar-refractivity contribution < 1.29 is 4.79 Å². The quantitative estimate of drug-likeness (QED) is 0.411. The zero-order chi connectivity index (χ0) is 19.6. The number of carbonyl (C=O) groups is 1. The number of aromatic nitrogens is 2. The van der Waals surface area contributed by atoms with Crippen molar-refractivity contribution in [3.63, 3.8) is 0 Å². The van der Waals surface area contributed by atoms with Crippen LogP contribution in [0.25, 0.3) is 31.5 Å². The number of urea groups is 1. The summed E-state index contributed by atoms with van der Waals surface area (Å²) in [5.41, 5.74) is 4.90. The molecule has 0 fully saturated rings. The summed E-state index contributed by atoms with van der Waals surface area (Å²) >= 11 is 1.63. The largest absolute Gasteiger partial charge is 0.338 e. The number of rotatable bonds is 4. The molecule has 2 aromatic heterocycles. The predicted molar refractivity (Wildman–Crippen MR) is 121 cm³/mol. The first-order valence-electron chi connectivity index (χ1n) is 10.1. The van der Waals surface area contributed by atoms with E-state index < -0.39 is 0 Å². The van der Waals surface area contributed by atoms with Gasteiger partial charge in [0.2, 0.25) is 0 Å². The lowest BCUT2D eigenvalue weighted by Gasteiger charge is -2.13. The fraction of sp³-hybridized carbons (Fsp3) is 0.261. The molecule has 2 aromatic carbocycles. The normalized spacial score (nSPS) is 14.3. The summed E-state index contributed by atoms with van der Waals surface area (Å²) in [7, 11) is 0. The van der Waals surface area contributed by atoms with Gasteiger partial charge in [-0.05, 0) is 62.4 Å². The molecule has 0 radical (unpaired) electrons. The smallest absolute Gasteiger partial charge is 0.319 e. The molecule has 0 spiro atoms. The van der Waals surface area contributed by atoms with E-state index in [9.17, 15) is 4.79 Å². The van der Waals surface area contributed by atoms with E-state index in [2.05, 4.69) is 16.7 Å². The van der Waals surface area contributed by atoms with Crippen LogP contribution in [-0.4, -0.2) is 22.5 Å². The number of amides is 2. The lowest BCUT2D eigenvalue weighted by Crippen LogP contribution is -2.29. The van der Waals surface area contributed by atoms with Gasteiger partial charge in [0.25, 0.3) is 0 Å². The first-order valence-corrected chi connectivity index (χ1v) is 10.9. The number of fused-ring (bicyclic) bond motifs is 4. The first-order chi connectivity index (χ1) is 14.3. The first kappa shape index (κ1) is 18.1. The number of thiophene rings is 1. The number of nitrogens with zero attached hydrogens (tertiary/aromatic N) is 2. The highest BCUT2D eigenvalue weighted by atomic mass is 32.1. The lowest BCUT2D eigenvalue weighted by atomic mass is 9.97. The molecule has 0 bridgehead atoms. The molecule has 1 aliphatic rings. The van der Waals surface area contributed by atoms with Gasteiger partial charge < -0.3 is 10.6 Å². The number of allylic oxidation sites excluding steroid dienone is 1. The number of anilines is 1. The van der Waals surface area contributed by atoms with Crippen molar-refractivity contribution in [2.45, 2.75) is 32.1 Å². The van der Waals surface area contributed by atoms with E-state index in [4.69, 9.17) is 9.97 Å². The van der Waals surface area contributed by atoms with E-state index in [1.807, 2.05) is 42.5 Å². The fourth-order valence-electron chi connectivity index (χ4n) is 3.86. The minimum absolute atomic E-state index is 0.170. The molecule has 0 unspecified atom stereocenters. The minimum Gasteiger partial charge on any atom is -0.338 e. The lowest BCUT2D eigenvalue weighted by molar-refractivity contribution is 0.252. The molecule has 146 valence electrons. The van der Waals surface area contributed by atoms with Gasteiger partial charge in [-0.1, -0.05) is 23.8 Å². The van der Waals surface area contributed by atoms with E-state index in [0.29, 0.717) is 6.54 Å². The van der Waals surface area contributed by atoms with Crippen LogP contribution in [-0.2, 0) is 0 Å². The van der Waals surface area contributed by atoms with E-state index >= 15 is 0 Å². The molecule has 0 saturated carbocycles. The van der Waals surface area contributed by atoms with E-state index in [1.165, 1.54) is 31.3 Å². The van der Waals surface area contributed by atoms with Gasteiger partial charge in [-0.2, -0.15) is 0 Å². The number of hydrogen-bond donors (Lipinski definition) is 2. The van der Waals surface area contributed by atoms with Gasteiger partial charge in [0.1, 0.15) is 10.3 Å². The Labute approximate surface area is 172 Å². The molecular weight excluding hydrogens is 380 g/mol. The summed E-state index contributed by atoms with van der Waals surface area (Å²) in [6.07, 6.45) is 8.16. The molecule has 2 heterocycles. The Morgan fingerprint density at radius 1 is 1.07 bits per heavy atom. The highest BCUT2D eigenvalue weighted by Crippen LogP contribution is 2.34. The van der Waals surface area contributed by atoms with Crippen LogP contribution in [0.5, 0.6) is 0 Å². The topological polar surface area (TPSA) is 66.9 Å². The van der Waals surface area contributed by atoms with Gasteiger partial charge in [0, 0.05) is 22.3 Å². The van der Waals surface area contributed by atoms with Crippen LogP contribution in [0.15, 0.2) is 54.1 Å². The summed E-state index contributed by atoms with van der Waals surface area (Å²) in [5, 5.41) is 6.94. The predicted octanol–water partition coefficient (Wildman–Crippen LogP) is 6.01. The maximum Gasteiger partial charge on any atom is 0.319 e. The third-order valence-electron chi connectivity index (χ3n) is 5.35. The third kappa shape index (κ3) is 3.80. The van der Waals surface area contributed by atoms with Gasteiger partial charge >= 0.3 is 6.03 Å². The zero-order valence-electron chi connectivity index (χ0n) is 16.1. The van der Waals surface area contributed by atoms with E-state index in [-0.39, 0.29) is 6.03 Å². The van der Waals surface area contributed by atoms with Gasteiger partial charge in [0.05, 0.1) is 11.0 Å². The van der Waals surface area contributed by atoms with Gasteiger partial charge in [-0.15, -0.1) is 11.3 Å². The molecule has 0 saturated heterocycles. The third-order valence-corrected chi connectivity index (χ3v) is 6.41. The van der Waals surface area contributed by atoms with Crippen molar-refractivity contribution in [1.29, 1.82) is 0 Å². The Morgan fingerprint density at radius 2 is 1.93 bits per heavy atom. The van der Waals surface area contributed by atoms with Crippen molar-refractivity contribution in [1.82, 2.24) is 15.3 Å². The van der Waals surface area contributed by atoms with Crippen LogP contribution < -0.4 is 10.6 Å². The molecule has 0 aliphatic heterocycles. The summed E-state index contributed by atoms with van der Waals surface area (Å²) in [4.78, 5) is 22.8. The molecule has 2 amide bonds. The molecule has 5 rings (SSSR count).